The second-order valence-corrected chi connectivity index (χ2v) is 9.27. The third kappa shape index (κ3) is 6.11. The van der Waals surface area contributed by atoms with E-state index in [1.54, 1.807) is 6.92 Å². The second kappa shape index (κ2) is 11.8. The zero-order valence-electron chi connectivity index (χ0n) is 20.6. The quantitative estimate of drug-likeness (QED) is 0.188. The Bertz CT molecular complexity index is 1340. The minimum Gasteiger partial charge on any atom is -0.463 e. The fraction of sp³-hybridized carbons (Fsp3) is 0.310. The molecule has 0 unspecified atom stereocenters. The first-order valence-electron chi connectivity index (χ1n) is 12.5. The van der Waals surface area contributed by atoms with Crippen molar-refractivity contribution in [3.05, 3.63) is 72.3 Å². The van der Waals surface area contributed by atoms with Crippen molar-refractivity contribution in [2.24, 2.45) is 11.5 Å². The number of esters is 1. The van der Waals surface area contributed by atoms with Gasteiger partial charge in [0.15, 0.2) is 0 Å². The summed E-state index contributed by atoms with van der Waals surface area (Å²) in [6, 6.07) is 21.4. The monoisotopic (exact) mass is 486 g/mol. The molecule has 0 saturated carbocycles. The number of para-hydroxylation sites is 1. The first-order chi connectivity index (χ1) is 17.5. The van der Waals surface area contributed by atoms with Crippen molar-refractivity contribution in [1.82, 2.24) is 10.3 Å². The van der Waals surface area contributed by atoms with Gasteiger partial charge in [-0.15, -0.1) is 0 Å². The van der Waals surface area contributed by atoms with Gasteiger partial charge in [-0.3, -0.25) is 4.79 Å². The molecule has 6 N–H and O–H groups in total. The van der Waals surface area contributed by atoms with Crippen LogP contribution >= 0.6 is 0 Å². The van der Waals surface area contributed by atoms with Crippen LogP contribution in [0.1, 0.15) is 31.7 Å². The van der Waals surface area contributed by atoms with Crippen LogP contribution in [0.5, 0.6) is 0 Å². The Morgan fingerprint density at radius 1 is 1.00 bits per heavy atom. The molecule has 1 amide bonds. The summed E-state index contributed by atoms with van der Waals surface area (Å²) in [5.41, 5.74) is 15.1. The number of benzene rings is 3. The molecule has 0 saturated heterocycles. The molecule has 0 aliphatic rings. The van der Waals surface area contributed by atoms with E-state index in [0.717, 1.165) is 44.9 Å². The van der Waals surface area contributed by atoms with Crippen molar-refractivity contribution in [2.45, 2.75) is 44.7 Å². The molecule has 1 heterocycles. The van der Waals surface area contributed by atoms with Gasteiger partial charge in [-0.25, -0.2) is 4.79 Å². The van der Waals surface area contributed by atoms with Crippen molar-refractivity contribution in [2.75, 3.05) is 13.2 Å². The summed E-state index contributed by atoms with van der Waals surface area (Å²) < 4.78 is 5.32. The van der Waals surface area contributed by atoms with Gasteiger partial charge in [-0.1, -0.05) is 54.6 Å². The van der Waals surface area contributed by atoms with Gasteiger partial charge in [0.1, 0.15) is 12.6 Å². The lowest BCUT2D eigenvalue weighted by molar-refractivity contribution is -0.148. The average Bonchev–Trinajstić information content (AvgIpc) is 3.24. The van der Waals surface area contributed by atoms with Gasteiger partial charge in [-0.2, -0.15) is 0 Å². The van der Waals surface area contributed by atoms with Gasteiger partial charge in [0.2, 0.25) is 5.91 Å². The van der Waals surface area contributed by atoms with Crippen LogP contribution in [0, 0.1) is 0 Å². The van der Waals surface area contributed by atoms with Gasteiger partial charge in [0.05, 0.1) is 12.1 Å². The smallest absolute Gasteiger partial charge is 0.328 e. The summed E-state index contributed by atoms with van der Waals surface area (Å²) in [6.45, 7) is 2.40. The van der Waals surface area contributed by atoms with Crippen molar-refractivity contribution in [3.63, 3.8) is 0 Å². The Balaban J connectivity index is 1.60. The van der Waals surface area contributed by atoms with Crippen LogP contribution in [-0.2, 0) is 20.7 Å². The minimum atomic E-state index is -0.739. The lowest BCUT2D eigenvalue weighted by atomic mass is 9.99. The number of aromatic amines is 1. The summed E-state index contributed by atoms with van der Waals surface area (Å²) in [5.74, 6) is -0.705. The lowest BCUT2D eigenvalue weighted by Crippen LogP contribution is -2.43. The molecule has 4 rings (SSSR count). The Morgan fingerprint density at radius 3 is 2.53 bits per heavy atom. The van der Waals surface area contributed by atoms with E-state index in [-0.39, 0.29) is 25.0 Å². The molecule has 0 aliphatic carbocycles. The van der Waals surface area contributed by atoms with Crippen molar-refractivity contribution in [1.29, 1.82) is 0 Å². The number of H-pyrrole nitrogens is 1. The maximum atomic E-state index is 13.3. The Hall–Kier alpha value is -3.68. The van der Waals surface area contributed by atoms with Crippen molar-refractivity contribution < 1.29 is 14.3 Å². The lowest BCUT2D eigenvalue weighted by Gasteiger charge is -2.18. The molecule has 0 aliphatic heterocycles. The molecule has 188 valence electrons. The van der Waals surface area contributed by atoms with E-state index in [1.807, 2.05) is 36.4 Å². The number of nitrogens with two attached hydrogens (primary N) is 2. The highest BCUT2D eigenvalue weighted by Gasteiger charge is 2.24. The summed E-state index contributed by atoms with van der Waals surface area (Å²) in [4.78, 5) is 29.4. The molecule has 7 nitrogen and oxygen atoms in total. The molecule has 1 aromatic heterocycles. The second-order valence-electron chi connectivity index (χ2n) is 9.27. The summed E-state index contributed by atoms with van der Waals surface area (Å²) in [7, 11) is 0. The van der Waals surface area contributed by atoms with E-state index < -0.39 is 12.0 Å². The van der Waals surface area contributed by atoms with Crippen LogP contribution in [-0.4, -0.2) is 42.1 Å². The normalized spacial score (nSPS) is 13.0. The van der Waals surface area contributed by atoms with Crippen LogP contribution < -0.4 is 16.8 Å². The zero-order valence-corrected chi connectivity index (χ0v) is 20.6. The number of hydrogen-bond donors (Lipinski definition) is 4. The van der Waals surface area contributed by atoms with Crippen LogP contribution in [0.2, 0.25) is 0 Å². The number of ether oxygens (including phenoxy) is 1. The number of amides is 1. The highest BCUT2D eigenvalue weighted by Crippen LogP contribution is 2.32. The minimum absolute atomic E-state index is 0.108. The number of hydrogen-bond acceptors (Lipinski definition) is 5. The Labute approximate surface area is 211 Å². The highest BCUT2D eigenvalue weighted by atomic mass is 16.5. The van der Waals surface area contributed by atoms with E-state index >= 15 is 0 Å². The molecule has 36 heavy (non-hydrogen) atoms. The topological polar surface area (TPSA) is 123 Å². The summed E-state index contributed by atoms with van der Waals surface area (Å²) in [5, 5.41) is 6.16. The molecule has 0 radical (unpaired) electrons. The molecule has 7 heteroatoms. The largest absolute Gasteiger partial charge is 0.463 e. The van der Waals surface area contributed by atoms with Crippen LogP contribution in [0.4, 0.5) is 0 Å². The standard InChI is InChI=1S/C29H34N4O3/c1-19(31)18-36-29(35)26(12-6-7-15-30)32-27(34)17-24-23-10-4-5-11-25(23)33-28(24)22-14-13-20-8-2-3-9-21(20)16-22/h2-5,8-11,13-14,16,19,26,33H,6-7,12,15,17-18,30-31H2,1H3,(H,32,34)/t19-,26-/m1/s1. The molecular formula is C29H34N4O3. The number of fused-ring (bicyclic) bond motifs is 2. The molecular weight excluding hydrogens is 452 g/mol. The maximum Gasteiger partial charge on any atom is 0.328 e. The molecule has 4 aromatic rings. The number of carbonyl (C=O) groups is 2. The molecule has 3 aromatic carbocycles. The van der Waals surface area contributed by atoms with E-state index in [2.05, 4.69) is 40.6 Å². The molecule has 0 spiro atoms. The molecule has 0 bridgehead atoms. The van der Waals surface area contributed by atoms with Gasteiger partial charge < -0.3 is 26.5 Å². The fourth-order valence-corrected chi connectivity index (χ4v) is 4.44. The van der Waals surface area contributed by atoms with Crippen LogP contribution in [0.3, 0.4) is 0 Å². The summed E-state index contributed by atoms with van der Waals surface area (Å²) in [6.07, 6.45) is 2.07. The maximum absolute atomic E-state index is 13.3. The third-order valence-electron chi connectivity index (χ3n) is 6.24. The van der Waals surface area contributed by atoms with E-state index in [9.17, 15) is 9.59 Å². The SMILES string of the molecule is C[C@@H](N)COC(=O)[C@@H](CCCCN)NC(=O)Cc1c(-c2ccc3ccccc3c2)[nH]c2ccccc12. The van der Waals surface area contributed by atoms with E-state index in [4.69, 9.17) is 16.2 Å². The van der Waals surface area contributed by atoms with E-state index in [0.29, 0.717) is 19.4 Å². The first kappa shape index (κ1) is 25.4. The Kier molecular flexibility index (Phi) is 8.36. The van der Waals surface area contributed by atoms with Crippen LogP contribution in [0.15, 0.2) is 66.7 Å². The predicted octanol–water partition coefficient (Wildman–Crippen LogP) is 4.03. The first-order valence-corrected chi connectivity index (χ1v) is 12.5. The fourth-order valence-electron chi connectivity index (χ4n) is 4.44. The number of nitrogens with one attached hydrogen (secondary N) is 2. The van der Waals surface area contributed by atoms with Gasteiger partial charge in [-0.05, 0) is 66.8 Å². The molecule has 0 fully saturated rings. The van der Waals surface area contributed by atoms with Crippen LogP contribution in [0.25, 0.3) is 32.9 Å². The van der Waals surface area contributed by atoms with E-state index in [1.165, 1.54) is 0 Å². The number of aromatic nitrogens is 1. The number of unbranched alkanes of at least 4 members (excludes halogenated alkanes) is 1. The zero-order chi connectivity index (χ0) is 25.5. The van der Waals surface area contributed by atoms with Crippen molar-refractivity contribution >= 4 is 33.6 Å². The van der Waals surface area contributed by atoms with Gasteiger partial charge >= 0.3 is 5.97 Å². The van der Waals surface area contributed by atoms with Crippen molar-refractivity contribution in [3.8, 4) is 11.3 Å². The Morgan fingerprint density at radius 2 is 1.75 bits per heavy atom. The van der Waals surface area contributed by atoms with Gasteiger partial charge in [0, 0.05) is 16.9 Å². The number of rotatable bonds is 11. The third-order valence-corrected chi connectivity index (χ3v) is 6.24. The average molecular weight is 487 g/mol. The predicted molar refractivity (Wildman–Crippen MR) is 144 cm³/mol. The summed E-state index contributed by atoms with van der Waals surface area (Å²) >= 11 is 0. The number of carbonyl (C=O) groups excluding carboxylic acids is 2. The highest BCUT2D eigenvalue weighted by molar-refractivity contribution is 5.97. The van der Waals surface area contributed by atoms with Gasteiger partial charge in [0.25, 0.3) is 0 Å². The molecule has 2 atom stereocenters.